The van der Waals surface area contributed by atoms with Gasteiger partial charge in [-0.05, 0) is 48.3 Å². The summed E-state index contributed by atoms with van der Waals surface area (Å²) in [6.07, 6.45) is 1.22. The number of esters is 1. The Morgan fingerprint density at radius 2 is 1.61 bits per heavy atom. The first-order valence-electron chi connectivity index (χ1n) is 11.2. The highest BCUT2D eigenvalue weighted by atomic mass is 16.6. The summed E-state index contributed by atoms with van der Waals surface area (Å²) < 4.78 is 5.85. The van der Waals surface area contributed by atoms with E-state index < -0.39 is 18.1 Å². The van der Waals surface area contributed by atoms with Crippen LogP contribution in [0.15, 0.2) is 60.7 Å². The minimum absolute atomic E-state index is 0.216. The van der Waals surface area contributed by atoms with Crippen molar-refractivity contribution in [2.24, 2.45) is 17.8 Å². The fourth-order valence-electron chi connectivity index (χ4n) is 4.42. The SMILES string of the molecule is CC1CC[C@H](C(C)C)C(OC(=O)[C@H](O)[C@H](NC(=O)c2ccccc2)c2ccccc2)C1. The van der Waals surface area contributed by atoms with Crippen LogP contribution in [0.4, 0.5) is 0 Å². The van der Waals surface area contributed by atoms with Gasteiger partial charge in [0, 0.05) is 5.56 Å². The average molecular weight is 424 g/mol. The summed E-state index contributed by atoms with van der Waals surface area (Å²) in [6.45, 7) is 6.45. The van der Waals surface area contributed by atoms with E-state index in [-0.39, 0.29) is 17.9 Å². The third kappa shape index (κ3) is 5.95. The number of aliphatic hydroxyl groups excluding tert-OH is 1. The molecule has 0 saturated heterocycles. The molecule has 0 heterocycles. The molecule has 31 heavy (non-hydrogen) atoms. The van der Waals surface area contributed by atoms with Crippen molar-refractivity contribution >= 4 is 11.9 Å². The second kappa shape index (κ2) is 10.6. The number of carbonyl (C=O) groups excluding carboxylic acids is 2. The third-order valence-corrected chi connectivity index (χ3v) is 6.27. The van der Waals surface area contributed by atoms with Crippen LogP contribution in [0.1, 0.15) is 62.0 Å². The van der Waals surface area contributed by atoms with E-state index in [0.717, 1.165) is 19.3 Å². The van der Waals surface area contributed by atoms with E-state index in [1.165, 1.54) is 0 Å². The molecule has 5 heteroatoms. The molecule has 0 radical (unpaired) electrons. The van der Waals surface area contributed by atoms with Crippen LogP contribution in [0, 0.1) is 17.8 Å². The minimum atomic E-state index is -1.50. The second-order valence-electron chi connectivity index (χ2n) is 8.97. The molecule has 0 aliphatic heterocycles. The normalized spacial score (nSPS) is 23.1. The van der Waals surface area contributed by atoms with Crippen molar-refractivity contribution in [3.05, 3.63) is 71.8 Å². The van der Waals surface area contributed by atoms with Crippen molar-refractivity contribution in [3.8, 4) is 0 Å². The first-order valence-corrected chi connectivity index (χ1v) is 11.2. The van der Waals surface area contributed by atoms with Crippen molar-refractivity contribution in [1.82, 2.24) is 5.32 Å². The van der Waals surface area contributed by atoms with E-state index in [0.29, 0.717) is 23.0 Å². The van der Waals surface area contributed by atoms with Crippen LogP contribution in [0.2, 0.25) is 0 Å². The Kier molecular flexibility index (Phi) is 7.85. The predicted molar refractivity (Wildman–Crippen MR) is 120 cm³/mol. The molecule has 1 saturated carbocycles. The molecule has 2 unspecified atom stereocenters. The summed E-state index contributed by atoms with van der Waals surface area (Å²) in [5.74, 6) is 0.110. The van der Waals surface area contributed by atoms with Gasteiger partial charge in [-0.1, -0.05) is 75.7 Å². The number of rotatable bonds is 7. The molecule has 0 spiro atoms. The van der Waals surface area contributed by atoms with Gasteiger partial charge in [0.05, 0.1) is 6.04 Å². The molecule has 0 bridgehead atoms. The van der Waals surface area contributed by atoms with Gasteiger partial charge in [-0.25, -0.2) is 4.79 Å². The second-order valence-corrected chi connectivity index (χ2v) is 8.97. The van der Waals surface area contributed by atoms with E-state index >= 15 is 0 Å². The largest absolute Gasteiger partial charge is 0.460 e. The number of amides is 1. The summed E-state index contributed by atoms with van der Waals surface area (Å²) in [5.41, 5.74) is 1.11. The quantitative estimate of drug-likeness (QED) is 0.642. The van der Waals surface area contributed by atoms with Crippen LogP contribution in [0.3, 0.4) is 0 Å². The van der Waals surface area contributed by atoms with Gasteiger partial charge in [-0.15, -0.1) is 0 Å². The van der Waals surface area contributed by atoms with Crippen LogP contribution in [-0.2, 0) is 9.53 Å². The Labute approximate surface area is 184 Å². The van der Waals surface area contributed by atoms with Crippen molar-refractivity contribution < 1.29 is 19.4 Å². The zero-order valence-electron chi connectivity index (χ0n) is 18.5. The number of aliphatic hydroxyl groups is 1. The number of ether oxygens (including phenoxy) is 1. The minimum Gasteiger partial charge on any atom is -0.460 e. The zero-order chi connectivity index (χ0) is 22.4. The molecule has 1 aliphatic rings. The fourth-order valence-corrected chi connectivity index (χ4v) is 4.42. The number of benzene rings is 2. The van der Waals surface area contributed by atoms with E-state index in [2.05, 4.69) is 26.1 Å². The summed E-state index contributed by atoms with van der Waals surface area (Å²) in [4.78, 5) is 25.8. The Morgan fingerprint density at radius 1 is 1.00 bits per heavy atom. The maximum Gasteiger partial charge on any atom is 0.337 e. The van der Waals surface area contributed by atoms with Crippen LogP contribution in [0.5, 0.6) is 0 Å². The van der Waals surface area contributed by atoms with Gasteiger partial charge in [0.1, 0.15) is 6.10 Å². The average Bonchev–Trinajstić information content (AvgIpc) is 2.77. The van der Waals surface area contributed by atoms with Crippen LogP contribution >= 0.6 is 0 Å². The highest BCUT2D eigenvalue weighted by molar-refractivity contribution is 5.94. The van der Waals surface area contributed by atoms with Gasteiger partial charge in [-0.3, -0.25) is 4.79 Å². The lowest BCUT2D eigenvalue weighted by atomic mass is 9.75. The van der Waals surface area contributed by atoms with E-state index in [4.69, 9.17) is 4.74 Å². The molecule has 5 nitrogen and oxygen atoms in total. The monoisotopic (exact) mass is 423 g/mol. The third-order valence-electron chi connectivity index (χ3n) is 6.27. The van der Waals surface area contributed by atoms with Crippen LogP contribution in [-0.4, -0.2) is 29.2 Å². The molecule has 1 amide bonds. The summed E-state index contributed by atoms with van der Waals surface area (Å²) in [5, 5.41) is 13.8. The van der Waals surface area contributed by atoms with Crippen molar-refractivity contribution in [1.29, 1.82) is 0 Å². The van der Waals surface area contributed by atoms with Crippen molar-refractivity contribution in [2.45, 2.75) is 58.3 Å². The smallest absolute Gasteiger partial charge is 0.337 e. The van der Waals surface area contributed by atoms with Crippen LogP contribution < -0.4 is 5.32 Å². The zero-order valence-corrected chi connectivity index (χ0v) is 18.5. The standard InChI is InChI=1S/C26H33NO4/c1-17(2)21-15-14-18(3)16-22(21)31-26(30)24(28)23(19-10-6-4-7-11-19)27-25(29)20-12-8-5-9-13-20/h4-13,17-18,21-24,28H,14-16H2,1-3H3,(H,27,29)/t18?,21-,22?,23-,24-/m1/s1. The van der Waals surface area contributed by atoms with Crippen molar-refractivity contribution in [2.75, 3.05) is 0 Å². The van der Waals surface area contributed by atoms with Gasteiger partial charge < -0.3 is 15.2 Å². The van der Waals surface area contributed by atoms with E-state index in [9.17, 15) is 14.7 Å². The lowest BCUT2D eigenvalue weighted by Crippen LogP contribution is -2.44. The summed E-state index contributed by atoms with van der Waals surface area (Å²) in [7, 11) is 0. The van der Waals surface area contributed by atoms with Gasteiger partial charge >= 0.3 is 5.97 Å². The Hall–Kier alpha value is -2.66. The Balaban J connectivity index is 1.78. The maximum absolute atomic E-state index is 13.0. The maximum atomic E-state index is 13.0. The molecule has 0 aromatic heterocycles. The number of hydrogen-bond donors (Lipinski definition) is 2. The molecule has 5 atom stereocenters. The van der Waals surface area contributed by atoms with E-state index in [1.807, 2.05) is 24.3 Å². The molecule has 3 rings (SSSR count). The molecular weight excluding hydrogens is 390 g/mol. The van der Waals surface area contributed by atoms with Gasteiger partial charge in [0.15, 0.2) is 6.10 Å². The highest BCUT2D eigenvalue weighted by Gasteiger charge is 2.37. The Bertz CT molecular complexity index is 852. The summed E-state index contributed by atoms with van der Waals surface area (Å²) >= 11 is 0. The molecule has 2 aromatic rings. The van der Waals surface area contributed by atoms with Gasteiger partial charge in [0.2, 0.25) is 0 Å². The first kappa shape index (κ1) is 23.0. The lowest BCUT2D eigenvalue weighted by molar-refractivity contribution is -0.167. The molecule has 1 aliphatic carbocycles. The lowest BCUT2D eigenvalue weighted by Gasteiger charge is -2.37. The van der Waals surface area contributed by atoms with Crippen LogP contribution in [0.25, 0.3) is 0 Å². The van der Waals surface area contributed by atoms with Crippen molar-refractivity contribution in [3.63, 3.8) is 0 Å². The van der Waals surface area contributed by atoms with Gasteiger partial charge in [-0.2, -0.15) is 0 Å². The highest BCUT2D eigenvalue weighted by Crippen LogP contribution is 2.36. The number of carbonyl (C=O) groups is 2. The number of nitrogens with one attached hydrogen (secondary N) is 1. The molecule has 2 aromatic carbocycles. The summed E-state index contributed by atoms with van der Waals surface area (Å²) in [6, 6.07) is 16.9. The number of hydrogen-bond acceptors (Lipinski definition) is 4. The molecule has 1 fully saturated rings. The fraction of sp³-hybridized carbons (Fsp3) is 0.462. The van der Waals surface area contributed by atoms with E-state index in [1.54, 1.807) is 36.4 Å². The molecule has 166 valence electrons. The topological polar surface area (TPSA) is 75.6 Å². The predicted octanol–water partition coefficient (Wildman–Crippen LogP) is 4.52. The first-order chi connectivity index (χ1) is 14.9. The Morgan fingerprint density at radius 3 is 2.23 bits per heavy atom. The van der Waals surface area contributed by atoms with Gasteiger partial charge in [0.25, 0.3) is 5.91 Å². The molecular formula is C26H33NO4. The molecule has 2 N–H and O–H groups in total.